The molecular formula is C23H20BrN5O4. The van der Waals surface area contributed by atoms with Crippen molar-refractivity contribution in [3.05, 3.63) is 72.7 Å². The van der Waals surface area contributed by atoms with Gasteiger partial charge in [0.25, 0.3) is 5.56 Å². The SMILES string of the molecule is N#CCOc1ccc(C=Nn2c(C3CCCCC3)nc3ccc(Br)cc3c2=O)cc1[N+](=O)[O-]. The van der Waals surface area contributed by atoms with Gasteiger partial charge in [0.05, 0.1) is 22.0 Å². The molecule has 3 aromatic rings. The van der Waals surface area contributed by atoms with Gasteiger partial charge in [0, 0.05) is 22.0 Å². The summed E-state index contributed by atoms with van der Waals surface area (Å²) < 4.78 is 7.20. The summed E-state index contributed by atoms with van der Waals surface area (Å²) in [7, 11) is 0. The molecule has 0 bridgehead atoms. The number of aromatic nitrogens is 2. The maximum Gasteiger partial charge on any atom is 0.311 e. The van der Waals surface area contributed by atoms with Gasteiger partial charge in [0.1, 0.15) is 11.9 Å². The first-order valence-electron chi connectivity index (χ1n) is 10.5. The number of nitrogens with zero attached hydrogens (tertiary/aromatic N) is 5. The molecule has 0 atom stereocenters. The predicted molar refractivity (Wildman–Crippen MR) is 127 cm³/mol. The summed E-state index contributed by atoms with van der Waals surface area (Å²) in [4.78, 5) is 29.0. The van der Waals surface area contributed by atoms with Gasteiger partial charge in [-0.25, -0.2) is 4.98 Å². The first-order chi connectivity index (χ1) is 16.0. The van der Waals surface area contributed by atoms with Gasteiger partial charge in [-0.05, 0) is 43.2 Å². The standard InChI is InChI=1S/C23H20BrN5O4/c24-17-7-8-19-18(13-17)23(30)28(22(27-19)16-4-2-1-3-5-16)26-14-15-6-9-21(33-11-10-25)20(12-15)29(31)32/h6-9,12-14,16H,1-5,11H2. The van der Waals surface area contributed by atoms with E-state index in [9.17, 15) is 14.9 Å². The predicted octanol–water partition coefficient (Wildman–Crippen LogP) is 4.90. The largest absolute Gasteiger partial charge is 0.472 e. The van der Waals surface area contributed by atoms with Crippen molar-refractivity contribution in [2.24, 2.45) is 5.10 Å². The van der Waals surface area contributed by atoms with Crippen LogP contribution in [0.5, 0.6) is 5.75 Å². The molecule has 9 nitrogen and oxygen atoms in total. The number of nitriles is 1. The van der Waals surface area contributed by atoms with Crippen LogP contribution >= 0.6 is 15.9 Å². The third-order valence-corrected chi connectivity index (χ3v) is 6.09. The quantitative estimate of drug-likeness (QED) is 0.264. The lowest BCUT2D eigenvalue weighted by Gasteiger charge is -2.22. The van der Waals surface area contributed by atoms with E-state index in [0.29, 0.717) is 22.3 Å². The number of halogens is 1. The number of benzene rings is 2. The summed E-state index contributed by atoms with van der Waals surface area (Å²) in [5.74, 6) is 0.720. The monoisotopic (exact) mass is 509 g/mol. The van der Waals surface area contributed by atoms with Crippen LogP contribution in [0.4, 0.5) is 5.69 Å². The van der Waals surface area contributed by atoms with Crippen molar-refractivity contribution in [3.63, 3.8) is 0 Å². The number of fused-ring (bicyclic) bond motifs is 1. The van der Waals surface area contributed by atoms with Gasteiger partial charge in [-0.1, -0.05) is 35.2 Å². The molecule has 0 aliphatic heterocycles. The minimum atomic E-state index is -0.585. The van der Waals surface area contributed by atoms with Gasteiger partial charge in [0.2, 0.25) is 0 Å². The highest BCUT2D eigenvalue weighted by Gasteiger charge is 2.23. The third kappa shape index (κ3) is 4.93. The molecule has 1 saturated carbocycles. The molecule has 2 aromatic carbocycles. The second-order valence-electron chi connectivity index (χ2n) is 7.76. The number of nitro benzene ring substituents is 1. The summed E-state index contributed by atoms with van der Waals surface area (Å²) in [6.45, 7) is -0.299. The summed E-state index contributed by atoms with van der Waals surface area (Å²) in [5, 5.41) is 24.9. The zero-order chi connectivity index (χ0) is 23.4. The van der Waals surface area contributed by atoms with Gasteiger partial charge in [0.15, 0.2) is 12.4 Å². The Morgan fingerprint density at radius 1 is 1.27 bits per heavy atom. The number of rotatable bonds is 6. The second-order valence-corrected chi connectivity index (χ2v) is 8.67. The van der Waals surface area contributed by atoms with E-state index in [1.54, 1.807) is 18.2 Å². The van der Waals surface area contributed by atoms with Crippen LogP contribution in [0.1, 0.15) is 49.4 Å². The molecule has 0 spiro atoms. The van der Waals surface area contributed by atoms with E-state index in [1.165, 1.54) is 23.0 Å². The van der Waals surface area contributed by atoms with Gasteiger partial charge < -0.3 is 4.74 Å². The molecule has 1 aliphatic carbocycles. The fourth-order valence-corrected chi connectivity index (χ4v) is 4.38. The molecule has 10 heteroatoms. The highest BCUT2D eigenvalue weighted by atomic mass is 79.9. The highest BCUT2D eigenvalue weighted by Crippen LogP contribution is 2.32. The van der Waals surface area contributed by atoms with Crippen molar-refractivity contribution in [1.82, 2.24) is 9.66 Å². The Morgan fingerprint density at radius 3 is 2.79 bits per heavy atom. The fourth-order valence-electron chi connectivity index (χ4n) is 4.02. The molecule has 33 heavy (non-hydrogen) atoms. The third-order valence-electron chi connectivity index (χ3n) is 5.60. The molecule has 1 fully saturated rings. The van der Waals surface area contributed by atoms with Crippen LogP contribution in [0, 0.1) is 21.4 Å². The van der Waals surface area contributed by atoms with Crippen LogP contribution in [0.15, 0.2) is 50.8 Å². The van der Waals surface area contributed by atoms with Crippen molar-refractivity contribution in [2.45, 2.75) is 38.0 Å². The lowest BCUT2D eigenvalue weighted by Crippen LogP contribution is -2.25. The van der Waals surface area contributed by atoms with Crippen molar-refractivity contribution < 1.29 is 9.66 Å². The van der Waals surface area contributed by atoms with Crippen LogP contribution in [0.3, 0.4) is 0 Å². The van der Waals surface area contributed by atoms with E-state index in [-0.39, 0.29) is 29.5 Å². The average molecular weight is 510 g/mol. The summed E-state index contributed by atoms with van der Waals surface area (Å²) >= 11 is 3.40. The fraction of sp³-hybridized carbons (Fsp3) is 0.304. The van der Waals surface area contributed by atoms with Gasteiger partial charge in [-0.3, -0.25) is 14.9 Å². The highest BCUT2D eigenvalue weighted by molar-refractivity contribution is 9.10. The second kappa shape index (κ2) is 9.92. The Morgan fingerprint density at radius 2 is 2.06 bits per heavy atom. The van der Waals surface area contributed by atoms with Crippen LogP contribution in [-0.2, 0) is 0 Å². The lowest BCUT2D eigenvalue weighted by atomic mass is 9.88. The maximum absolute atomic E-state index is 13.3. The topological polar surface area (TPSA) is 123 Å². The Hall–Kier alpha value is -3.58. The Balaban J connectivity index is 1.79. The number of hydrogen-bond donors (Lipinski definition) is 0. The van der Waals surface area contributed by atoms with E-state index in [0.717, 1.165) is 36.6 Å². The van der Waals surface area contributed by atoms with Crippen LogP contribution in [0.2, 0.25) is 0 Å². The van der Waals surface area contributed by atoms with Crippen LogP contribution in [0.25, 0.3) is 10.9 Å². The minimum Gasteiger partial charge on any atom is -0.472 e. The van der Waals surface area contributed by atoms with Gasteiger partial charge in [-0.15, -0.1) is 0 Å². The Bertz CT molecular complexity index is 1340. The van der Waals surface area contributed by atoms with Crippen molar-refractivity contribution >= 4 is 38.7 Å². The van der Waals surface area contributed by atoms with Crippen LogP contribution < -0.4 is 10.3 Å². The molecule has 168 valence electrons. The van der Waals surface area contributed by atoms with Gasteiger partial charge in [-0.2, -0.15) is 15.0 Å². The van der Waals surface area contributed by atoms with Crippen molar-refractivity contribution in [3.8, 4) is 11.8 Å². The molecular weight excluding hydrogens is 490 g/mol. The van der Waals surface area contributed by atoms with E-state index in [4.69, 9.17) is 15.0 Å². The number of hydrogen-bond acceptors (Lipinski definition) is 7. The molecule has 1 aliphatic rings. The first-order valence-corrected chi connectivity index (χ1v) is 11.3. The molecule has 4 rings (SSSR count). The van der Waals surface area contributed by atoms with Crippen molar-refractivity contribution in [1.29, 1.82) is 5.26 Å². The number of ether oxygens (including phenoxy) is 1. The Labute approximate surface area is 197 Å². The molecule has 0 amide bonds. The molecule has 0 N–H and O–H groups in total. The zero-order valence-electron chi connectivity index (χ0n) is 17.6. The molecule has 0 radical (unpaired) electrons. The molecule has 0 saturated heterocycles. The maximum atomic E-state index is 13.3. The zero-order valence-corrected chi connectivity index (χ0v) is 19.2. The molecule has 1 aromatic heterocycles. The smallest absolute Gasteiger partial charge is 0.311 e. The molecule has 1 heterocycles. The number of nitro groups is 1. The minimum absolute atomic E-state index is 0.00372. The van der Waals surface area contributed by atoms with E-state index < -0.39 is 4.92 Å². The van der Waals surface area contributed by atoms with E-state index >= 15 is 0 Å². The van der Waals surface area contributed by atoms with E-state index in [2.05, 4.69) is 21.0 Å². The van der Waals surface area contributed by atoms with E-state index in [1.807, 2.05) is 12.1 Å². The first kappa shape index (κ1) is 22.6. The van der Waals surface area contributed by atoms with Gasteiger partial charge >= 0.3 is 5.69 Å². The van der Waals surface area contributed by atoms with Crippen LogP contribution in [-0.4, -0.2) is 27.4 Å². The van der Waals surface area contributed by atoms with Crippen molar-refractivity contribution in [2.75, 3.05) is 6.61 Å². The lowest BCUT2D eigenvalue weighted by molar-refractivity contribution is -0.385. The summed E-state index contributed by atoms with van der Waals surface area (Å²) in [5.41, 5.74) is 0.461. The average Bonchev–Trinajstić information content (AvgIpc) is 2.83. The Kier molecular flexibility index (Phi) is 6.79. The normalized spacial score (nSPS) is 14.4. The summed E-state index contributed by atoms with van der Waals surface area (Å²) in [6, 6.07) is 11.5. The molecule has 0 unspecified atom stereocenters. The summed E-state index contributed by atoms with van der Waals surface area (Å²) in [6.07, 6.45) is 6.56.